The zero-order chi connectivity index (χ0) is 21.8. The first-order valence-electron chi connectivity index (χ1n) is 11.0. The number of nitrogens with zero attached hydrogens (tertiary/aromatic N) is 2. The van der Waals surface area contributed by atoms with Crippen molar-refractivity contribution in [1.29, 1.82) is 0 Å². The summed E-state index contributed by atoms with van der Waals surface area (Å²) in [6.45, 7) is 3.96. The Balaban J connectivity index is 1.26. The normalized spacial score (nSPS) is 11.2. The highest BCUT2D eigenvalue weighted by Crippen LogP contribution is 2.22. The molecule has 0 unspecified atom stereocenters. The number of benzene rings is 4. The quantitative estimate of drug-likeness (QED) is 0.266. The van der Waals surface area contributed by atoms with Gasteiger partial charge >= 0.3 is 0 Å². The first kappa shape index (κ1) is 20.1. The van der Waals surface area contributed by atoms with Crippen LogP contribution in [0.25, 0.3) is 21.8 Å². The number of para-hydroxylation sites is 2. The monoisotopic (exact) mass is 422 g/mol. The molecule has 1 aromatic heterocycles. The summed E-state index contributed by atoms with van der Waals surface area (Å²) in [5.74, 6) is 2.70. The minimum absolute atomic E-state index is 0.434. The summed E-state index contributed by atoms with van der Waals surface area (Å²) < 4.78 is 14.3. The van der Waals surface area contributed by atoms with E-state index < -0.39 is 0 Å². The van der Waals surface area contributed by atoms with Gasteiger partial charge < -0.3 is 14.0 Å². The lowest BCUT2D eigenvalue weighted by molar-refractivity contribution is 0.280. The molecule has 0 aliphatic heterocycles. The topological polar surface area (TPSA) is 36.3 Å². The number of hydrogen-bond donors (Lipinski definition) is 0. The summed E-state index contributed by atoms with van der Waals surface area (Å²) in [6.07, 6.45) is 0.880. The molecule has 32 heavy (non-hydrogen) atoms. The predicted octanol–water partition coefficient (Wildman–Crippen LogP) is 6.55. The Morgan fingerprint density at radius 1 is 0.750 bits per heavy atom. The highest BCUT2D eigenvalue weighted by molar-refractivity contribution is 5.83. The molecule has 4 heteroatoms. The van der Waals surface area contributed by atoms with Gasteiger partial charge in [0.1, 0.15) is 23.9 Å². The fraction of sp³-hybridized carbons (Fsp3) is 0.179. The van der Waals surface area contributed by atoms with Crippen molar-refractivity contribution in [2.75, 3.05) is 6.61 Å². The molecule has 0 saturated heterocycles. The Morgan fingerprint density at radius 2 is 1.56 bits per heavy atom. The zero-order valence-electron chi connectivity index (χ0n) is 18.2. The van der Waals surface area contributed by atoms with Crippen LogP contribution in [0.2, 0.25) is 0 Å². The van der Waals surface area contributed by atoms with Crippen molar-refractivity contribution in [3.05, 3.63) is 102 Å². The second-order valence-electron chi connectivity index (χ2n) is 7.98. The number of imidazole rings is 1. The summed E-state index contributed by atoms with van der Waals surface area (Å²) >= 11 is 0. The van der Waals surface area contributed by atoms with Crippen LogP contribution < -0.4 is 9.47 Å². The van der Waals surface area contributed by atoms with E-state index in [2.05, 4.69) is 66.1 Å². The average Bonchev–Trinajstić information content (AvgIpc) is 3.18. The largest absolute Gasteiger partial charge is 0.494 e. The van der Waals surface area contributed by atoms with Crippen LogP contribution in [0.15, 0.2) is 91.0 Å². The van der Waals surface area contributed by atoms with Crippen molar-refractivity contribution in [3.8, 4) is 11.5 Å². The third kappa shape index (κ3) is 4.45. The highest BCUT2D eigenvalue weighted by atomic mass is 16.5. The van der Waals surface area contributed by atoms with Gasteiger partial charge in [0.2, 0.25) is 0 Å². The summed E-state index contributed by atoms with van der Waals surface area (Å²) in [5.41, 5.74) is 3.30. The van der Waals surface area contributed by atoms with Crippen LogP contribution in [-0.4, -0.2) is 16.2 Å². The summed E-state index contributed by atoms with van der Waals surface area (Å²) in [5, 5.41) is 2.42. The van der Waals surface area contributed by atoms with E-state index in [0.29, 0.717) is 13.2 Å². The van der Waals surface area contributed by atoms with Crippen LogP contribution in [0.5, 0.6) is 11.5 Å². The lowest BCUT2D eigenvalue weighted by Crippen LogP contribution is -2.10. The molecular formula is C28H26N2O2. The SMILES string of the molecule is Cc1cccc(OCc2nc3ccccc3n2CCCOc2ccc3ccccc3c2)c1. The molecule has 0 spiro atoms. The molecular weight excluding hydrogens is 396 g/mol. The molecule has 0 amide bonds. The van der Waals surface area contributed by atoms with Crippen molar-refractivity contribution >= 4 is 21.8 Å². The molecule has 0 atom stereocenters. The lowest BCUT2D eigenvalue weighted by atomic mass is 10.1. The van der Waals surface area contributed by atoms with Gasteiger partial charge in [-0.25, -0.2) is 4.98 Å². The van der Waals surface area contributed by atoms with Crippen molar-refractivity contribution in [3.63, 3.8) is 0 Å². The summed E-state index contributed by atoms with van der Waals surface area (Å²) in [7, 11) is 0. The number of hydrogen-bond acceptors (Lipinski definition) is 3. The van der Waals surface area contributed by atoms with Crippen molar-refractivity contribution < 1.29 is 9.47 Å². The van der Waals surface area contributed by atoms with Crippen molar-refractivity contribution in [2.24, 2.45) is 0 Å². The van der Waals surface area contributed by atoms with E-state index >= 15 is 0 Å². The Bertz CT molecular complexity index is 1360. The van der Waals surface area contributed by atoms with Gasteiger partial charge in [-0.15, -0.1) is 0 Å². The molecule has 4 aromatic carbocycles. The minimum Gasteiger partial charge on any atom is -0.494 e. The molecule has 0 radical (unpaired) electrons. The summed E-state index contributed by atoms with van der Waals surface area (Å²) in [6, 6.07) is 30.9. The smallest absolute Gasteiger partial charge is 0.147 e. The fourth-order valence-electron chi connectivity index (χ4n) is 4.01. The van der Waals surface area contributed by atoms with Crippen LogP contribution in [-0.2, 0) is 13.2 Å². The van der Waals surface area contributed by atoms with Gasteiger partial charge in [-0.2, -0.15) is 0 Å². The van der Waals surface area contributed by atoms with Gasteiger partial charge in [0.05, 0.1) is 17.6 Å². The van der Waals surface area contributed by atoms with E-state index in [0.717, 1.165) is 41.3 Å². The van der Waals surface area contributed by atoms with Crippen molar-refractivity contribution in [1.82, 2.24) is 9.55 Å². The molecule has 5 aromatic rings. The van der Waals surface area contributed by atoms with Gasteiger partial charge in [0.15, 0.2) is 0 Å². The first-order valence-corrected chi connectivity index (χ1v) is 11.0. The van der Waals surface area contributed by atoms with E-state index in [1.807, 2.05) is 36.4 Å². The third-order valence-electron chi connectivity index (χ3n) is 5.61. The number of rotatable bonds is 8. The molecule has 0 bridgehead atoms. The number of aromatic nitrogens is 2. The summed E-state index contributed by atoms with van der Waals surface area (Å²) in [4.78, 5) is 4.82. The van der Waals surface area contributed by atoms with Crippen LogP contribution in [0.1, 0.15) is 17.8 Å². The van der Waals surface area contributed by atoms with Crippen LogP contribution in [0, 0.1) is 6.92 Å². The van der Waals surface area contributed by atoms with E-state index in [-0.39, 0.29) is 0 Å². The fourth-order valence-corrected chi connectivity index (χ4v) is 4.01. The second-order valence-corrected chi connectivity index (χ2v) is 7.98. The highest BCUT2D eigenvalue weighted by Gasteiger charge is 2.11. The minimum atomic E-state index is 0.434. The van der Waals surface area contributed by atoms with Crippen LogP contribution >= 0.6 is 0 Å². The van der Waals surface area contributed by atoms with E-state index in [1.165, 1.54) is 16.3 Å². The van der Waals surface area contributed by atoms with E-state index in [9.17, 15) is 0 Å². The molecule has 160 valence electrons. The standard InChI is InChI=1S/C28H26N2O2/c1-21-8-6-11-24(18-21)32-20-28-29-26-12-4-5-13-27(26)30(28)16-7-17-31-25-15-14-22-9-2-3-10-23(22)19-25/h2-6,8-15,18-19H,7,16-17,20H2,1H3. The van der Waals surface area contributed by atoms with Gasteiger partial charge in [-0.3, -0.25) is 0 Å². The molecule has 0 fully saturated rings. The van der Waals surface area contributed by atoms with Crippen molar-refractivity contribution in [2.45, 2.75) is 26.5 Å². The maximum absolute atomic E-state index is 6.05. The molecule has 4 nitrogen and oxygen atoms in total. The second kappa shape index (κ2) is 9.15. The van der Waals surface area contributed by atoms with Gasteiger partial charge in [-0.1, -0.05) is 54.6 Å². The van der Waals surface area contributed by atoms with E-state index in [4.69, 9.17) is 14.5 Å². The molecule has 0 N–H and O–H groups in total. The van der Waals surface area contributed by atoms with Gasteiger partial charge in [-0.05, 0) is 66.1 Å². The van der Waals surface area contributed by atoms with E-state index in [1.54, 1.807) is 0 Å². The maximum atomic E-state index is 6.05. The molecule has 0 aliphatic carbocycles. The Labute approximate surface area is 188 Å². The maximum Gasteiger partial charge on any atom is 0.147 e. The number of fused-ring (bicyclic) bond motifs is 2. The average molecular weight is 423 g/mol. The Kier molecular flexibility index (Phi) is 5.75. The third-order valence-corrected chi connectivity index (χ3v) is 5.61. The first-order chi connectivity index (χ1) is 15.8. The van der Waals surface area contributed by atoms with Gasteiger partial charge in [0.25, 0.3) is 0 Å². The Hall–Kier alpha value is -3.79. The Morgan fingerprint density at radius 3 is 2.47 bits per heavy atom. The molecule has 0 aliphatic rings. The number of ether oxygens (including phenoxy) is 2. The molecule has 1 heterocycles. The van der Waals surface area contributed by atoms with Crippen LogP contribution in [0.3, 0.4) is 0 Å². The number of aryl methyl sites for hydroxylation is 2. The molecule has 0 saturated carbocycles. The van der Waals surface area contributed by atoms with Gasteiger partial charge in [0, 0.05) is 6.54 Å². The lowest BCUT2D eigenvalue weighted by Gasteiger charge is -2.12. The zero-order valence-corrected chi connectivity index (χ0v) is 18.2. The predicted molar refractivity (Wildman–Crippen MR) is 129 cm³/mol. The molecule has 5 rings (SSSR count). The van der Waals surface area contributed by atoms with Crippen LogP contribution in [0.4, 0.5) is 0 Å².